The van der Waals surface area contributed by atoms with Crippen LogP contribution in [0.15, 0.2) is 201 Å². The van der Waals surface area contributed by atoms with Gasteiger partial charge in [-0.1, -0.05) is 184 Å². The molecule has 22 heteroatoms. The van der Waals surface area contributed by atoms with Crippen LogP contribution in [-0.2, 0) is 62.8 Å². The summed E-state index contributed by atoms with van der Waals surface area (Å²) >= 11 is 0. The van der Waals surface area contributed by atoms with Crippen molar-refractivity contribution in [3.63, 3.8) is 0 Å². The van der Waals surface area contributed by atoms with Gasteiger partial charge in [-0.15, -0.1) is 6.58 Å². The number of hydrogen-bond donors (Lipinski definition) is 1. The van der Waals surface area contributed by atoms with E-state index in [0.29, 0.717) is 53.5 Å². The second-order valence-electron chi connectivity index (χ2n) is 27.0. The zero-order chi connectivity index (χ0) is 74.9. The van der Waals surface area contributed by atoms with Crippen molar-refractivity contribution in [1.82, 2.24) is 44.5 Å². The molecule has 2 aliphatic rings. The van der Waals surface area contributed by atoms with Crippen LogP contribution < -0.4 is 24.3 Å². The normalized spacial score (nSPS) is 12.7. The van der Waals surface area contributed by atoms with E-state index in [9.17, 15) is 19.2 Å². The van der Waals surface area contributed by atoms with E-state index in [-0.39, 0.29) is 89.3 Å². The van der Waals surface area contributed by atoms with Gasteiger partial charge in [0, 0.05) is 51.2 Å². The molecule has 9 rings (SSSR count). The van der Waals surface area contributed by atoms with Gasteiger partial charge < -0.3 is 63.5 Å². The SMILES string of the molecule is C=CCN(CC(=O)N(CC(=O)N(CC(C)=O)Cc1ccccc1)CC(c1ccccc1)c1ccccc1)C(=O)CN(Cc1ccc2c(c1)OCO2)C(=O)CN(C(=O)CN(CC(C)C)C(=O)CN(C(=O)CN(C(=O)CNCc1ccc(OC)c(OC)c1)[C@@H](C)c1ccccc1)C1CC1)[C@H](C)c1ccccc1. The van der Waals surface area contributed by atoms with Gasteiger partial charge in [-0.25, -0.2) is 0 Å². The van der Waals surface area contributed by atoms with Crippen LogP contribution in [0.5, 0.6) is 23.0 Å². The van der Waals surface area contributed by atoms with Crippen molar-refractivity contribution in [3.8, 4) is 23.0 Å². The topological polar surface area (TPSA) is 228 Å². The number of carbonyl (C=O) groups excluding carboxylic acids is 9. The first kappa shape index (κ1) is 78.0. The summed E-state index contributed by atoms with van der Waals surface area (Å²) in [7, 11) is 3.10. The van der Waals surface area contributed by atoms with E-state index in [1.54, 1.807) is 45.4 Å². The van der Waals surface area contributed by atoms with Crippen LogP contribution in [0.2, 0.25) is 0 Å². The van der Waals surface area contributed by atoms with Gasteiger partial charge >= 0.3 is 0 Å². The zero-order valence-electron chi connectivity index (χ0n) is 61.2. The van der Waals surface area contributed by atoms with Gasteiger partial charge in [0.25, 0.3) is 0 Å². The van der Waals surface area contributed by atoms with Crippen LogP contribution >= 0.6 is 0 Å². The number of methoxy groups -OCH3 is 2. The summed E-state index contributed by atoms with van der Waals surface area (Å²) in [4.78, 5) is 145. The third-order valence-corrected chi connectivity index (χ3v) is 18.7. The molecule has 552 valence electrons. The maximum atomic E-state index is 15.6. The third-order valence-electron chi connectivity index (χ3n) is 18.7. The number of nitrogens with zero attached hydrogens (tertiary/aromatic N) is 8. The highest BCUT2D eigenvalue weighted by atomic mass is 16.7. The predicted octanol–water partition coefficient (Wildman–Crippen LogP) is 9.50. The highest BCUT2D eigenvalue weighted by molar-refractivity contribution is 5.94. The lowest BCUT2D eigenvalue weighted by molar-refractivity contribution is -0.150. The molecule has 0 unspecified atom stereocenters. The monoisotopic (exact) mass is 1430 g/mol. The summed E-state index contributed by atoms with van der Waals surface area (Å²) in [5.41, 5.74) is 5.40. The van der Waals surface area contributed by atoms with Gasteiger partial charge in [-0.2, -0.15) is 0 Å². The summed E-state index contributed by atoms with van der Waals surface area (Å²) in [5, 5.41) is 3.23. The Morgan fingerprint density at radius 1 is 0.457 bits per heavy atom. The second kappa shape index (κ2) is 38.4. The van der Waals surface area contributed by atoms with Crippen molar-refractivity contribution in [1.29, 1.82) is 0 Å². The molecule has 1 fully saturated rings. The van der Waals surface area contributed by atoms with Crippen molar-refractivity contribution in [3.05, 3.63) is 240 Å². The molecule has 1 aliphatic carbocycles. The largest absolute Gasteiger partial charge is 0.493 e. The first-order chi connectivity index (χ1) is 50.7. The van der Waals surface area contributed by atoms with Gasteiger partial charge in [0.1, 0.15) is 38.5 Å². The smallest absolute Gasteiger partial charge is 0.243 e. The number of nitrogens with one attached hydrogen (secondary N) is 1. The van der Waals surface area contributed by atoms with Gasteiger partial charge in [0.05, 0.1) is 52.5 Å². The highest BCUT2D eigenvalue weighted by Gasteiger charge is 2.39. The summed E-state index contributed by atoms with van der Waals surface area (Å²) in [6.45, 7) is 9.28. The first-order valence-electron chi connectivity index (χ1n) is 35.6. The van der Waals surface area contributed by atoms with E-state index >= 15 is 24.0 Å². The van der Waals surface area contributed by atoms with E-state index in [1.165, 1.54) is 52.2 Å². The van der Waals surface area contributed by atoms with Gasteiger partial charge in [0.2, 0.25) is 54.1 Å². The first-order valence-corrected chi connectivity index (χ1v) is 35.6. The van der Waals surface area contributed by atoms with E-state index in [2.05, 4.69) is 11.9 Å². The van der Waals surface area contributed by atoms with Crippen molar-refractivity contribution in [2.45, 2.75) is 91.1 Å². The van der Waals surface area contributed by atoms with Gasteiger partial charge in [-0.05, 0) is 103 Å². The Labute approximate surface area is 616 Å². The molecule has 1 aliphatic heterocycles. The number of amides is 8. The average Bonchev–Trinajstić information content (AvgIpc) is 1.81. The van der Waals surface area contributed by atoms with Crippen LogP contribution in [0.1, 0.15) is 104 Å². The Balaban J connectivity index is 0.969. The molecule has 0 aromatic heterocycles. The maximum absolute atomic E-state index is 15.6. The quantitative estimate of drug-likeness (QED) is 0.0354. The minimum Gasteiger partial charge on any atom is -0.493 e. The molecule has 7 aromatic carbocycles. The number of benzene rings is 7. The molecular formula is C83H97N9O13. The van der Waals surface area contributed by atoms with Crippen molar-refractivity contribution in [2.24, 2.45) is 5.92 Å². The average molecular weight is 1430 g/mol. The van der Waals surface area contributed by atoms with Crippen LogP contribution in [0.25, 0.3) is 0 Å². The van der Waals surface area contributed by atoms with E-state index in [0.717, 1.165) is 27.8 Å². The Kier molecular flexibility index (Phi) is 28.5. The molecule has 0 bridgehead atoms. The number of Topliss-reactive ketones (excluding diaryl/α,β-unsaturated/α-hetero) is 1. The van der Waals surface area contributed by atoms with Crippen LogP contribution in [-0.4, -0.2) is 198 Å². The zero-order valence-corrected chi connectivity index (χ0v) is 61.2. The molecule has 105 heavy (non-hydrogen) atoms. The summed E-state index contributed by atoms with van der Waals surface area (Å²) in [6.07, 6.45) is 2.73. The van der Waals surface area contributed by atoms with Gasteiger partial charge in [-0.3, -0.25) is 43.2 Å². The van der Waals surface area contributed by atoms with Crippen molar-refractivity contribution < 1.29 is 62.1 Å². The Hall–Kier alpha value is -11.1. The second-order valence-corrected chi connectivity index (χ2v) is 27.0. The molecule has 0 radical (unpaired) electrons. The molecule has 1 saturated carbocycles. The van der Waals surface area contributed by atoms with Crippen molar-refractivity contribution >= 4 is 53.0 Å². The fourth-order valence-electron chi connectivity index (χ4n) is 12.8. The maximum Gasteiger partial charge on any atom is 0.243 e. The van der Waals surface area contributed by atoms with Crippen LogP contribution in [0.3, 0.4) is 0 Å². The predicted molar refractivity (Wildman–Crippen MR) is 399 cm³/mol. The number of hydrogen-bond acceptors (Lipinski definition) is 14. The van der Waals surface area contributed by atoms with E-state index in [1.807, 2.05) is 185 Å². The fourth-order valence-corrected chi connectivity index (χ4v) is 12.8. The Bertz CT molecular complexity index is 4050. The number of fused-ring (bicyclic) bond motifs is 1. The molecule has 1 N–H and O–H groups in total. The lowest BCUT2D eigenvalue weighted by Gasteiger charge is -2.35. The molecule has 0 saturated heterocycles. The van der Waals surface area contributed by atoms with Crippen LogP contribution in [0, 0.1) is 5.92 Å². The number of carbonyl (C=O) groups is 9. The lowest BCUT2D eigenvalue weighted by atomic mass is 9.90. The van der Waals surface area contributed by atoms with Crippen molar-refractivity contribution in [2.75, 3.05) is 99.5 Å². The highest BCUT2D eigenvalue weighted by Crippen LogP contribution is 2.34. The van der Waals surface area contributed by atoms with E-state index < -0.39 is 92.1 Å². The molecule has 1 heterocycles. The van der Waals surface area contributed by atoms with Gasteiger partial charge in [0.15, 0.2) is 23.0 Å². The molecule has 0 spiro atoms. The fraction of sp³-hybridized carbons (Fsp3) is 0.361. The minimum absolute atomic E-state index is 0.00174. The molecule has 7 aromatic rings. The lowest BCUT2D eigenvalue weighted by Crippen LogP contribution is -2.53. The standard InChI is InChI=1S/C83H97N9O13/c1-9-41-85(51-78(96)89(50-71(68-31-21-13-22-32-68)69-33-23-14-24-34-69)53-79(97)87(47-60(4)93)48-63-25-15-10-16-26-63)77(95)52-88(49-65-36-40-73-75(43-65)105-58-104-73)80(98)55-91(62(6)67-29-19-12-20-30-67)82(100)54-86(46-59(2)3)81(99)56-92(70-37-38-70)83(101)57-90(61(5)66-27-17-11-18-28-66)76(94)45-84-44-64-35-39-72(102-7)74(42-64)103-8/h9-36,39-40,42-43,59,61-62,70-71,84H,1,37-38,41,44-58H2,2-8H3/t61-,62+/m0/s1. The minimum atomic E-state index is -0.770. The molecular weight excluding hydrogens is 1330 g/mol. The molecule has 2 atom stereocenters. The number of rotatable bonds is 39. The third kappa shape index (κ3) is 22.4. The number of ketones is 1. The Morgan fingerprint density at radius 3 is 1.48 bits per heavy atom. The molecule has 8 amide bonds. The summed E-state index contributed by atoms with van der Waals surface area (Å²) in [6, 6.07) is 55.9. The summed E-state index contributed by atoms with van der Waals surface area (Å²) < 4.78 is 22.3. The summed E-state index contributed by atoms with van der Waals surface area (Å²) in [5.74, 6) is -3.11. The van der Waals surface area contributed by atoms with E-state index in [4.69, 9.17) is 18.9 Å². The molecule has 22 nitrogen and oxygen atoms in total. The Morgan fingerprint density at radius 2 is 0.914 bits per heavy atom. The number of ether oxygens (including phenoxy) is 4. The van der Waals surface area contributed by atoms with Crippen LogP contribution in [0.4, 0.5) is 0 Å².